The van der Waals surface area contributed by atoms with Crippen LogP contribution in [0.25, 0.3) is 20.9 Å². The number of benzene rings is 1. The molecule has 1 amide bonds. The lowest BCUT2D eigenvalue weighted by atomic mass is 10.2. The Labute approximate surface area is 173 Å². The summed E-state index contributed by atoms with van der Waals surface area (Å²) in [6.45, 7) is 3.60. The van der Waals surface area contributed by atoms with Crippen molar-refractivity contribution in [2.24, 2.45) is 0 Å². The van der Waals surface area contributed by atoms with E-state index in [-0.39, 0.29) is 12.5 Å². The predicted octanol–water partition coefficient (Wildman–Crippen LogP) is 4.49. The number of nitrogens with one attached hydrogen (secondary N) is 1. The Balaban J connectivity index is 1.70. The normalized spacial score (nSPS) is 11.1. The molecule has 0 spiro atoms. The summed E-state index contributed by atoms with van der Waals surface area (Å²) in [5.74, 6) is -0.333. The van der Waals surface area contributed by atoms with Crippen LogP contribution in [0.1, 0.15) is 10.6 Å². The molecule has 0 aliphatic carbocycles. The summed E-state index contributed by atoms with van der Waals surface area (Å²) in [6.07, 6.45) is 0. The van der Waals surface area contributed by atoms with Gasteiger partial charge in [-0.2, -0.15) is 4.98 Å². The highest BCUT2D eigenvalue weighted by atomic mass is 35.5. The summed E-state index contributed by atoms with van der Waals surface area (Å²) in [4.78, 5) is 35.5. The maximum atomic E-state index is 12.7. The number of anilines is 1. The molecule has 4 aromatic rings. The first-order valence-corrected chi connectivity index (χ1v) is 10.5. The summed E-state index contributed by atoms with van der Waals surface area (Å²) in [6, 6.07) is 9.08. The zero-order valence-corrected chi connectivity index (χ0v) is 17.4. The number of amides is 1. The van der Waals surface area contributed by atoms with Crippen LogP contribution >= 0.6 is 34.3 Å². The quantitative estimate of drug-likeness (QED) is 0.517. The van der Waals surface area contributed by atoms with Crippen LogP contribution in [0.3, 0.4) is 0 Å². The minimum Gasteiger partial charge on any atom is -0.324 e. The van der Waals surface area contributed by atoms with E-state index in [0.717, 1.165) is 15.4 Å². The van der Waals surface area contributed by atoms with Crippen molar-refractivity contribution in [1.29, 1.82) is 0 Å². The zero-order valence-electron chi connectivity index (χ0n) is 15.0. The molecule has 0 atom stereocenters. The Hall–Kier alpha value is -2.55. The van der Waals surface area contributed by atoms with Crippen molar-refractivity contribution in [2.75, 3.05) is 5.32 Å². The molecule has 0 fully saturated rings. The average Bonchev–Trinajstić information content (AvgIpc) is 3.30. The molecular weight excluding hydrogens is 416 g/mol. The van der Waals surface area contributed by atoms with Gasteiger partial charge in [0.2, 0.25) is 5.91 Å². The first kappa shape index (κ1) is 18.8. The van der Waals surface area contributed by atoms with Crippen molar-refractivity contribution < 1.29 is 4.79 Å². The standard InChI is InChI=1S/C19H15ClN4O2S2/c1-10-5-6-12(8-13(10)20)22-15(25)9-24-18-17(21-11(2)28-18)16(23-19(24)26)14-4-3-7-27-14/h3-8H,9H2,1-2H3,(H,22,25). The topological polar surface area (TPSA) is 76.9 Å². The van der Waals surface area contributed by atoms with Crippen LogP contribution in [-0.2, 0) is 11.3 Å². The van der Waals surface area contributed by atoms with Gasteiger partial charge in [-0.15, -0.1) is 22.7 Å². The first-order valence-electron chi connectivity index (χ1n) is 8.40. The second-order valence-electron chi connectivity index (χ2n) is 6.21. The van der Waals surface area contributed by atoms with Gasteiger partial charge in [-0.25, -0.2) is 9.78 Å². The molecule has 3 aromatic heterocycles. The highest BCUT2D eigenvalue weighted by Crippen LogP contribution is 2.31. The van der Waals surface area contributed by atoms with Crippen molar-refractivity contribution in [3.8, 4) is 10.6 Å². The highest BCUT2D eigenvalue weighted by molar-refractivity contribution is 7.18. The van der Waals surface area contributed by atoms with Gasteiger partial charge >= 0.3 is 5.69 Å². The molecule has 0 aliphatic heterocycles. The molecule has 4 rings (SSSR count). The summed E-state index contributed by atoms with van der Waals surface area (Å²) >= 11 is 8.98. The molecule has 0 radical (unpaired) electrons. The van der Waals surface area contributed by atoms with Gasteiger partial charge in [0.25, 0.3) is 0 Å². The number of aromatic nitrogens is 3. The van der Waals surface area contributed by atoms with Gasteiger partial charge in [-0.1, -0.05) is 23.7 Å². The molecule has 0 saturated carbocycles. The van der Waals surface area contributed by atoms with Crippen LogP contribution in [0, 0.1) is 13.8 Å². The van der Waals surface area contributed by atoms with E-state index in [2.05, 4.69) is 15.3 Å². The molecular formula is C19H15ClN4O2S2. The highest BCUT2D eigenvalue weighted by Gasteiger charge is 2.18. The van der Waals surface area contributed by atoms with Crippen molar-refractivity contribution in [3.63, 3.8) is 0 Å². The van der Waals surface area contributed by atoms with Gasteiger partial charge in [0, 0.05) is 10.7 Å². The van der Waals surface area contributed by atoms with Crippen LogP contribution in [0.4, 0.5) is 5.69 Å². The third-order valence-corrected chi connectivity index (χ3v) is 6.41. The Morgan fingerprint density at radius 2 is 2.07 bits per heavy atom. The van der Waals surface area contributed by atoms with Crippen LogP contribution < -0.4 is 11.0 Å². The molecule has 6 nitrogen and oxygen atoms in total. The van der Waals surface area contributed by atoms with Crippen molar-refractivity contribution in [3.05, 3.63) is 61.8 Å². The summed E-state index contributed by atoms with van der Waals surface area (Å²) in [5, 5.41) is 6.07. The Morgan fingerprint density at radius 1 is 1.25 bits per heavy atom. The second kappa shape index (κ2) is 7.46. The van der Waals surface area contributed by atoms with Crippen molar-refractivity contribution in [2.45, 2.75) is 20.4 Å². The van der Waals surface area contributed by atoms with E-state index in [0.29, 0.717) is 26.8 Å². The first-order chi connectivity index (χ1) is 13.4. The van der Waals surface area contributed by atoms with Gasteiger partial charge in [-0.3, -0.25) is 9.36 Å². The molecule has 0 unspecified atom stereocenters. The Kier molecular flexibility index (Phi) is 5.01. The summed E-state index contributed by atoms with van der Waals surface area (Å²) in [7, 11) is 0. The minimum absolute atomic E-state index is 0.153. The number of fused-ring (bicyclic) bond motifs is 1. The lowest BCUT2D eigenvalue weighted by molar-refractivity contribution is -0.116. The van der Waals surface area contributed by atoms with E-state index in [1.54, 1.807) is 12.1 Å². The van der Waals surface area contributed by atoms with E-state index < -0.39 is 5.69 Å². The minimum atomic E-state index is -0.475. The molecule has 3 heterocycles. The van der Waals surface area contributed by atoms with E-state index in [9.17, 15) is 9.59 Å². The number of carbonyl (C=O) groups is 1. The fourth-order valence-corrected chi connectivity index (χ4v) is 4.59. The zero-order chi connectivity index (χ0) is 19.8. The van der Waals surface area contributed by atoms with E-state index >= 15 is 0 Å². The molecule has 0 aliphatic rings. The molecule has 0 saturated heterocycles. The largest absolute Gasteiger partial charge is 0.349 e. The lowest BCUT2D eigenvalue weighted by Crippen LogP contribution is -2.29. The number of halogens is 1. The molecule has 1 N–H and O–H groups in total. The van der Waals surface area contributed by atoms with Crippen LogP contribution in [-0.4, -0.2) is 20.4 Å². The number of carbonyl (C=O) groups excluding carboxylic acids is 1. The number of thiazole rings is 1. The third-order valence-electron chi connectivity index (χ3n) is 4.14. The van der Waals surface area contributed by atoms with Gasteiger partial charge in [0.1, 0.15) is 22.6 Å². The van der Waals surface area contributed by atoms with E-state index in [4.69, 9.17) is 11.6 Å². The smallest absolute Gasteiger partial charge is 0.324 e. The molecule has 0 bridgehead atoms. The number of aryl methyl sites for hydroxylation is 2. The Morgan fingerprint density at radius 3 is 2.79 bits per heavy atom. The lowest BCUT2D eigenvalue weighted by Gasteiger charge is -2.10. The van der Waals surface area contributed by atoms with E-state index in [1.165, 1.54) is 27.2 Å². The van der Waals surface area contributed by atoms with Crippen LogP contribution in [0.2, 0.25) is 5.02 Å². The van der Waals surface area contributed by atoms with Gasteiger partial charge < -0.3 is 5.32 Å². The monoisotopic (exact) mass is 430 g/mol. The fourth-order valence-electron chi connectivity index (χ4n) is 2.79. The van der Waals surface area contributed by atoms with Crippen LogP contribution in [0.15, 0.2) is 40.5 Å². The molecule has 142 valence electrons. The Bertz CT molecular complexity index is 1250. The van der Waals surface area contributed by atoms with Crippen LogP contribution in [0.5, 0.6) is 0 Å². The summed E-state index contributed by atoms with van der Waals surface area (Å²) in [5.41, 5.74) is 2.22. The molecule has 1 aromatic carbocycles. The van der Waals surface area contributed by atoms with Gasteiger partial charge in [0.15, 0.2) is 0 Å². The average molecular weight is 431 g/mol. The number of nitrogens with zero attached hydrogens (tertiary/aromatic N) is 3. The fraction of sp³-hybridized carbons (Fsp3) is 0.158. The third kappa shape index (κ3) is 3.58. The maximum Gasteiger partial charge on any atom is 0.349 e. The molecule has 9 heteroatoms. The SMILES string of the molecule is Cc1nc2c(-c3cccs3)nc(=O)n(CC(=O)Nc3ccc(C)c(Cl)c3)c2s1. The predicted molar refractivity (Wildman–Crippen MR) is 115 cm³/mol. The second-order valence-corrected chi connectivity index (χ2v) is 8.74. The van der Waals surface area contributed by atoms with E-state index in [1.807, 2.05) is 37.4 Å². The van der Waals surface area contributed by atoms with Crippen molar-refractivity contribution in [1.82, 2.24) is 14.5 Å². The van der Waals surface area contributed by atoms with Crippen molar-refractivity contribution >= 4 is 56.2 Å². The van der Waals surface area contributed by atoms with Gasteiger partial charge in [0.05, 0.1) is 9.88 Å². The molecule has 28 heavy (non-hydrogen) atoms. The number of rotatable bonds is 4. The number of hydrogen-bond donors (Lipinski definition) is 1. The number of hydrogen-bond acceptors (Lipinski definition) is 6. The number of thiophene rings is 1. The van der Waals surface area contributed by atoms with Gasteiger partial charge in [-0.05, 0) is 43.0 Å². The maximum absolute atomic E-state index is 12.7. The summed E-state index contributed by atoms with van der Waals surface area (Å²) < 4.78 is 1.36.